The van der Waals surface area contributed by atoms with E-state index in [1.807, 2.05) is 36.4 Å². The Hall–Kier alpha value is -2.54. The second-order valence-electron chi connectivity index (χ2n) is 3.62. The van der Waals surface area contributed by atoms with E-state index in [0.717, 1.165) is 5.56 Å². The summed E-state index contributed by atoms with van der Waals surface area (Å²) >= 11 is 0. The number of ether oxygens (including phenoxy) is 1. The van der Waals surface area contributed by atoms with Crippen LogP contribution in [0.3, 0.4) is 0 Å². The molecule has 1 aromatic rings. The monoisotopic (exact) mass is 256 g/mol. The molecule has 0 atom stereocenters. The number of carbonyl (C=O) groups excluding carboxylic acids is 1. The van der Waals surface area contributed by atoms with Crippen molar-refractivity contribution in [1.82, 2.24) is 5.32 Å². The van der Waals surface area contributed by atoms with E-state index in [1.54, 1.807) is 13.0 Å². The largest absolute Gasteiger partial charge is 0.462 e. The molecule has 0 aromatic heterocycles. The molecule has 1 rings (SSSR count). The number of rotatable bonds is 6. The Balaban J connectivity index is 3.23. The third-order valence-corrected chi connectivity index (χ3v) is 2.33. The van der Waals surface area contributed by atoms with Gasteiger partial charge in [0.1, 0.15) is 6.07 Å². The molecule has 0 spiro atoms. The van der Waals surface area contributed by atoms with Gasteiger partial charge in [0.05, 0.1) is 12.3 Å². The summed E-state index contributed by atoms with van der Waals surface area (Å²) in [5.74, 6) is -0.625. The van der Waals surface area contributed by atoms with Crippen molar-refractivity contribution in [2.45, 2.75) is 6.92 Å². The molecule has 0 fully saturated rings. The highest BCUT2D eigenvalue weighted by Gasteiger charge is 2.17. The lowest BCUT2D eigenvalue weighted by molar-refractivity contribution is -0.137. The SMILES string of the molecule is C=CCN/C(=C(/C#N)C(=O)OCC)c1ccccc1. The number of esters is 1. The average Bonchev–Trinajstić information content (AvgIpc) is 2.44. The molecule has 0 aliphatic carbocycles. The molecule has 0 aliphatic heterocycles. The topological polar surface area (TPSA) is 62.1 Å². The molecule has 0 heterocycles. The minimum atomic E-state index is -0.625. The normalized spacial score (nSPS) is 10.9. The second-order valence-corrected chi connectivity index (χ2v) is 3.62. The molecule has 0 saturated carbocycles. The maximum atomic E-state index is 11.8. The summed E-state index contributed by atoms with van der Waals surface area (Å²) in [4.78, 5) is 11.8. The van der Waals surface area contributed by atoms with Crippen molar-refractivity contribution in [3.05, 3.63) is 54.1 Å². The Morgan fingerprint density at radius 3 is 2.68 bits per heavy atom. The quantitative estimate of drug-likeness (QED) is 0.367. The number of hydrogen-bond acceptors (Lipinski definition) is 4. The fourth-order valence-corrected chi connectivity index (χ4v) is 1.52. The van der Waals surface area contributed by atoms with Gasteiger partial charge in [0, 0.05) is 6.54 Å². The van der Waals surface area contributed by atoms with Gasteiger partial charge in [-0.2, -0.15) is 5.26 Å². The first-order valence-electron chi connectivity index (χ1n) is 5.96. The lowest BCUT2D eigenvalue weighted by Gasteiger charge is -2.12. The molecule has 0 bridgehead atoms. The smallest absolute Gasteiger partial charge is 0.351 e. The molecule has 0 amide bonds. The van der Waals surface area contributed by atoms with E-state index in [1.165, 1.54) is 0 Å². The summed E-state index contributed by atoms with van der Waals surface area (Å²) in [6.45, 7) is 5.99. The Bertz CT molecular complexity index is 513. The van der Waals surface area contributed by atoms with Crippen LogP contribution in [0.1, 0.15) is 12.5 Å². The van der Waals surface area contributed by atoms with E-state index in [4.69, 9.17) is 4.74 Å². The lowest BCUT2D eigenvalue weighted by atomic mass is 10.1. The van der Waals surface area contributed by atoms with Gasteiger partial charge in [-0.3, -0.25) is 0 Å². The molecule has 0 aliphatic rings. The highest BCUT2D eigenvalue weighted by Crippen LogP contribution is 2.16. The van der Waals surface area contributed by atoms with Crippen LogP contribution in [0, 0.1) is 11.3 Å². The highest BCUT2D eigenvalue weighted by molar-refractivity contribution is 6.01. The number of hydrogen-bond donors (Lipinski definition) is 1. The zero-order valence-electron chi connectivity index (χ0n) is 10.8. The zero-order valence-corrected chi connectivity index (χ0v) is 10.8. The van der Waals surface area contributed by atoms with Crippen molar-refractivity contribution < 1.29 is 9.53 Å². The van der Waals surface area contributed by atoms with Crippen LogP contribution in [-0.2, 0) is 9.53 Å². The lowest BCUT2D eigenvalue weighted by Crippen LogP contribution is -2.18. The van der Waals surface area contributed by atoms with Crippen LogP contribution in [0.25, 0.3) is 5.70 Å². The van der Waals surface area contributed by atoms with Crippen LogP contribution in [0.5, 0.6) is 0 Å². The number of nitrogens with zero attached hydrogens (tertiary/aromatic N) is 1. The first kappa shape index (κ1) is 14.5. The molecule has 0 saturated heterocycles. The van der Waals surface area contributed by atoms with Crippen molar-refractivity contribution in [3.63, 3.8) is 0 Å². The van der Waals surface area contributed by atoms with Gasteiger partial charge in [-0.1, -0.05) is 36.4 Å². The van der Waals surface area contributed by atoms with E-state index in [0.29, 0.717) is 12.2 Å². The van der Waals surface area contributed by atoms with E-state index in [2.05, 4.69) is 11.9 Å². The maximum Gasteiger partial charge on any atom is 0.351 e. The van der Waals surface area contributed by atoms with E-state index in [-0.39, 0.29) is 12.2 Å². The molecule has 4 nitrogen and oxygen atoms in total. The summed E-state index contributed by atoms with van der Waals surface area (Å²) < 4.78 is 4.89. The Morgan fingerprint density at radius 1 is 1.47 bits per heavy atom. The van der Waals surface area contributed by atoms with Crippen molar-refractivity contribution in [2.75, 3.05) is 13.2 Å². The predicted molar refractivity (Wildman–Crippen MR) is 73.8 cm³/mol. The standard InChI is InChI=1S/C15H16N2O2/c1-3-10-17-14(12-8-6-5-7-9-12)13(11-16)15(18)19-4-2/h3,5-9,17H,1,4,10H2,2H3/b14-13-. The fraction of sp³-hybridized carbons (Fsp3) is 0.200. The zero-order chi connectivity index (χ0) is 14.1. The summed E-state index contributed by atoms with van der Waals surface area (Å²) in [5, 5.41) is 12.2. The van der Waals surface area contributed by atoms with Crippen LogP contribution in [0.15, 0.2) is 48.6 Å². The summed E-state index contributed by atoms with van der Waals surface area (Å²) in [6, 6.07) is 11.1. The van der Waals surface area contributed by atoms with E-state index < -0.39 is 5.97 Å². The summed E-state index contributed by atoms with van der Waals surface area (Å²) in [5.41, 5.74) is 1.19. The average molecular weight is 256 g/mol. The molecular weight excluding hydrogens is 240 g/mol. The van der Waals surface area contributed by atoms with Gasteiger partial charge in [0.2, 0.25) is 0 Å². The van der Waals surface area contributed by atoms with Gasteiger partial charge in [0.15, 0.2) is 5.57 Å². The number of benzene rings is 1. The summed E-state index contributed by atoms with van der Waals surface area (Å²) in [6.07, 6.45) is 1.66. The van der Waals surface area contributed by atoms with Crippen LogP contribution in [0.2, 0.25) is 0 Å². The van der Waals surface area contributed by atoms with Gasteiger partial charge in [0.25, 0.3) is 0 Å². The van der Waals surface area contributed by atoms with Crippen LogP contribution >= 0.6 is 0 Å². The second kappa shape index (κ2) is 7.72. The maximum absolute atomic E-state index is 11.8. The van der Waals surface area contributed by atoms with Gasteiger partial charge in [-0.05, 0) is 12.5 Å². The Kier molecular flexibility index (Phi) is 5.90. The number of nitriles is 1. The van der Waals surface area contributed by atoms with Gasteiger partial charge >= 0.3 is 5.97 Å². The predicted octanol–water partition coefficient (Wildman–Crippen LogP) is 2.26. The highest BCUT2D eigenvalue weighted by atomic mass is 16.5. The van der Waals surface area contributed by atoms with Crippen molar-refractivity contribution in [1.29, 1.82) is 5.26 Å². The van der Waals surface area contributed by atoms with Gasteiger partial charge in [-0.15, -0.1) is 6.58 Å². The first-order chi connectivity index (χ1) is 9.24. The molecule has 1 N–H and O–H groups in total. The van der Waals surface area contributed by atoms with Gasteiger partial charge < -0.3 is 10.1 Å². The Labute approximate surface area is 113 Å². The van der Waals surface area contributed by atoms with Crippen molar-refractivity contribution in [3.8, 4) is 6.07 Å². The van der Waals surface area contributed by atoms with Crippen molar-refractivity contribution >= 4 is 11.7 Å². The molecule has 19 heavy (non-hydrogen) atoms. The first-order valence-corrected chi connectivity index (χ1v) is 5.96. The van der Waals surface area contributed by atoms with E-state index >= 15 is 0 Å². The minimum absolute atomic E-state index is 0.0325. The van der Waals surface area contributed by atoms with Crippen molar-refractivity contribution in [2.24, 2.45) is 0 Å². The van der Waals surface area contributed by atoms with Crippen LogP contribution in [0.4, 0.5) is 0 Å². The van der Waals surface area contributed by atoms with E-state index in [9.17, 15) is 10.1 Å². The number of carbonyl (C=O) groups is 1. The van der Waals surface area contributed by atoms with Crippen LogP contribution < -0.4 is 5.32 Å². The third-order valence-electron chi connectivity index (χ3n) is 2.33. The molecular formula is C15H16N2O2. The molecule has 98 valence electrons. The van der Waals surface area contributed by atoms with Crippen LogP contribution in [-0.4, -0.2) is 19.1 Å². The molecule has 0 unspecified atom stereocenters. The Morgan fingerprint density at radius 2 is 2.16 bits per heavy atom. The fourth-order valence-electron chi connectivity index (χ4n) is 1.52. The minimum Gasteiger partial charge on any atom is -0.462 e. The van der Waals surface area contributed by atoms with Gasteiger partial charge in [-0.25, -0.2) is 4.79 Å². The number of nitrogens with one attached hydrogen (secondary N) is 1. The summed E-state index contributed by atoms with van der Waals surface area (Å²) in [7, 11) is 0. The molecule has 4 heteroatoms. The molecule has 1 aromatic carbocycles. The third kappa shape index (κ3) is 4.00. The molecule has 0 radical (unpaired) electrons.